The molecule has 8 nitrogen and oxygen atoms in total. The van der Waals surface area contributed by atoms with E-state index in [-0.39, 0.29) is 29.2 Å². The van der Waals surface area contributed by atoms with E-state index in [0.717, 1.165) is 21.9 Å². The molecule has 0 radical (unpaired) electrons. The molecule has 2 aliphatic rings. The molecule has 2 aromatic carbocycles. The lowest BCUT2D eigenvalue weighted by Gasteiger charge is -2.37. The highest BCUT2D eigenvalue weighted by Crippen LogP contribution is 2.48. The molecule has 36 heavy (non-hydrogen) atoms. The van der Waals surface area contributed by atoms with Crippen LogP contribution in [0.15, 0.2) is 77.3 Å². The van der Waals surface area contributed by atoms with E-state index in [4.69, 9.17) is 4.74 Å². The molecule has 0 saturated heterocycles. The zero-order chi connectivity index (χ0) is 25.4. The lowest BCUT2D eigenvalue weighted by molar-refractivity contribution is -0.384. The molecule has 1 N–H and O–H groups in total. The molecule has 184 valence electrons. The third-order valence-electron chi connectivity index (χ3n) is 6.40. The third kappa shape index (κ3) is 4.61. The topological polar surface area (TPSA) is 102 Å². The molecule has 0 unspecified atom stereocenters. The van der Waals surface area contributed by atoms with E-state index in [0.29, 0.717) is 18.4 Å². The Morgan fingerprint density at radius 3 is 2.58 bits per heavy atom. The highest BCUT2D eigenvalue weighted by atomic mass is 32.1. The number of allylic oxidation sites excluding steroid dienone is 1. The van der Waals surface area contributed by atoms with Gasteiger partial charge in [-0.2, -0.15) is 0 Å². The number of nitro groups is 1. The molecule has 5 rings (SSSR count). The van der Waals surface area contributed by atoms with Crippen LogP contribution in [0.5, 0.6) is 5.75 Å². The smallest absolute Gasteiger partial charge is 0.330 e. The molecular weight excluding hydrogens is 478 g/mol. The van der Waals surface area contributed by atoms with Crippen molar-refractivity contribution in [3.8, 4) is 5.75 Å². The van der Waals surface area contributed by atoms with Crippen LogP contribution in [0.25, 0.3) is 0 Å². The Morgan fingerprint density at radius 2 is 1.89 bits per heavy atom. The fourth-order valence-electron chi connectivity index (χ4n) is 4.91. The first-order valence-electron chi connectivity index (χ1n) is 11.6. The van der Waals surface area contributed by atoms with Gasteiger partial charge in [0.1, 0.15) is 12.3 Å². The molecule has 0 fully saturated rings. The Kier molecular flexibility index (Phi) is 6.09. The van der Waals surface area contributed by atoms with Crippen molar-refractivity contribution >= 4 is 40.2 Å². The SMILES string of the molecule is CC1(C)CC(=O)C2=C(C1)Nc1ccccc1N(CC(=O)Oc1ccc([N+](=O)[O-])cc1)[C@@H]2c1cccs1. The van der Waals surface area contributed by atoms with E-state index >= 15 is 0 Å². The molecule has 0 saturated carbocycles. The number of thiophene rings is 1. The first-order chi connectivity index (χ1) is 17.2. The van der Waals surface area contributed by atoms with Gasteiger partial charge in [0.2, 0.25) is 0 Å². The Morgan fingerprint density at radius 1 is 1.14 bits per heavy atom. The summed E-state index contributed by atoms with van der Waals surface area (Å²) in [5, 5.41) is 16.4. The van der Waals surface area contributed by atoms with Crippen LogP contribution in [0.1, 0.15) is 37.6 Å². The van der Waals surface area contributed by atoms with Crippen LogP contribution in [-0.4, -0.2) is 23.2 Å². The fraction of sp³-hybridized carbons (Fsp3) is 0.259. The van der Waals surface area contributed by atoms with Crippen LogP contribution >= 0.6 is 11.3 Å². The Hall–Kier alpha value is -3.98. The van der Waals surface area contributed by atoms with Crippen LogP contribution in [0.3, 0.4) is 0 Å². The van der Waals surface area contributed by atoms with E-state index in [1.54, 1.807) is 0 Å². The first-order valence-corrected chi connectivity index (χ1v) is 12.5. The number of anilines is 2. The number of nitrogens with zero attached hydrogens (tertiary/aromatic N) is 2. The van der Waals surface area contributed by atoms with Gasteiger partial charge in [0.05, 0.1) is 22.3 Å². The summed E-state index contributed by atoms with van der Waals surface area (Å²) in [6, 6.07) is 16.5. The molecule has 0 spiro atoms. The number of nitro benzene ring substituents is 1. The number of carbonyl (C=O) groups excluding carboxylic acids is 2. The van der Waals surface area contributed by atoms with Crippen LogP contribution in [0, 0.1) is 15.5 Å². The van der Waals surface area contributed by atoms with Gasteiger partial charge >= 0.3 is 5.97 Å². The number of rotatable bonds is 5. The summed E-state index contributed by atoms with van der Waals surface area (Å²) in [6.07, 6.45) is 1.14. The Bertz CT molecular complexity index is 1360. The average molecular weight is 504 g/mol. The predicted molar refractivity (Wildman–Crippen MR) is 138 cm³/mol. The van der Waals surface area contributed by atoms with E-state index in [9.17, 15) is 19.7 Å². The number of para-hydroxylation sites is 2. The minimum atomic E-state index is -0.534. The van der Waals surface area contributed by atoms with Gasteiger partial charge in [0, 0.05) is 34.7 Å². The third-order valence-corrected chi connectivity index (χ3v) is 7.32. The summed E-state index contributed by atoms with van der Waals surface area (Å²) in [6.45, 7) is 4.06. The highest BCUT2D eigenvalue weighted by Gasteiger charge is 2.42. The molecule has 1 aromatic heterocycles. The summed E-state index contributed by atoms with van der Waals surface area (Å²) in [4.78, 5) is 40.0. The monoisotopic (exact) mass is 503 g/mol. The quantitative estimate of drug-likeness (QED) is 0.201. The molecule has 9 heteroatoms. The molecule has 1 aliphatic carbocycles. The van der Waals surface area contributed by atoms with Crippen LogP contribution < -0.4 is 15.0 Å². The number of Topliss-reactive ketones (excluding diaryl/α,β-unsaturated/α-hetero) is 1. The van der Waals surface area contributed by atoms with Gasteiger partial charge in [-0.25, -0.2) is 4.79 Å². The highest BCUT2D eigenvalue weighted by molar-refractivity contribution is 7.10. The van der Waals surface area contributed by atoms with Gasteiger partial charge in [-0.3, -0.25) is 14.9 Å². The summed E-state index contributed by atoms with van der Waals surface area (Å²) in [7, 11) is 0. The number of nitrogens with one attached hydrogen (secondary N) is 1. The minimum absolute atomic E-state index is 0.0636. The Labute approximate surface area is 212 Å². The molecule has 1 aliphatic heterocycles. The average Bonchev–Trinajstić information content (AvgIpc) is 3.31. The van der Waals surface area contributed by atoms with Crippen molar-refractivity contribution in [3.05, 3.63) is 92.3 Å². The van der Waals surface area contributed by atoms with Crippen molar-refractivity contribution in [2.75, 3.05) is 16.8 Å². The number of carbonyl (C=O) groups is 2. The van der Waals surface area contributed by atoms with Crippen molar-refractivity contribution < 1.29 is 19.2 Å². The maximum absolute atomic E-state index is 13.6. The second-order valence-electron chi connectivity index (χ2n) is 9.75. The molecule has 1 atom stereocenters. The second-order valence-corrected chi connectivity index (χ2v) is 10.7. The molecular formula is C27H25N3O5S. The Balaban J connectivity index is 1.55. The normalized spacial score (nSPS) is 18.6. The lowest BCUT2D eigenvalue weighted by Crippen LogP contribution is -2.39. The van der Waals surface area contributed by atoms with Crippen molar-refractivity contribution in [3.63, 3.8) is 0 Å². The summed E-state index contributed by atoms with van der Waals surface area (Å²) >= 11 is 1.54. The summed E-state index contributed by atoms with van der Waals surface area (Å²) < 4.78 is 5.55. The summed E-state index contributed by atoms with van der Waals surface area (Å²) in [5.41, 5.74) is 2.90. The van der Waals surface area contributed by atoms with E-state index in [2.05, 4.69) is 19.2 Å². The van der Waals surface area contributed by atoms with E-state index < -0.39 is 16.9 Å². The van der Waals surface area contributed by atoms with Crippen LogP contribution in [0.4, 0.5) is 17.1 Å². The van der Waals surface area contributed by atoms with Gasteiger partial charge < -0.3 is 15.0 Å². The van der Waals surface area contributed by atoms with Gasteiger partial charge in [0.15, 0.2) is 5.78 Å². The van der Waals surface area contributed by atoms with Crippen molar-refractivity contribution in [1.82, 2.24) is 0 Å². The number of ether oxygens (including phenoxy) is 1. The number of benzene rings is 2. The maximum Gasteiger partial charge on any atom is 0.330 e. The fourth-order valence-corrected chi connectivity index (χ4v) is 5.75. The number of fused-ring (bicyclic) bond motifs is 1. The lowest BCUT2D eigenvalue weighted by atomic mass is 9.74. The van der Waals surface area contributed by atoms with Crippen molar-refractivity contribution in [2.24, 2.45) is 5.41 Å². The van der Waals surface area contributed by atoms with Crippen molar-refractivity contribution in [1.29, 1.82) is 0 Å². The van der Waals surface area contributed by atoms with Gasteiger partial charge in [-0.1, -0.05) is 32.0 Å². The van der Waals surface area contributed by atoms with E-state index in [1.165, 1.54) is 35.6 Å². The molecule has 0 amide bonds. The van der Waals surface area contributed by atoms with Gasteiger partial charge in [-0.05, 0) is 47.5 Å². The van der Waals surface area contributed by atoms with Gasteiger partial charge in [0.25, 0.3) is 5.69 Å². The number of non-ortho nitro benzene ring substituents is 1. The number of ketones is 1. The first kappa shape index (κ1) is 23.7. The predicted octanol–water partition coefficient (Wildman–Crippen LogP) is 5.88. The zero-order valence-corrected chi connectivity index (χ0v) is 20.7. The minimum Gasteiger partial charge on any atom is -0.425 e. The van der Waals surface area contributed by atoms with E-state index in [1.807, 2.05) is 46.7 Å². The number of hydrogen-bond acceptors (Lipinski definition) is 8. The summed E-state index contributed by atoms with van der Waals surface area (Å²) in [5.74, 6) is -0.253. The van der Waals surface area contributed by atoms with Crippen LogP contribution in [0.2, 0.25) is 0 Å². The standard InChI is InChI=1S/C27H25N3O5S/c1-27(2)14-20-25(22(31)15-27)26(23-8-5-13-36-23)29(21-7-4-3-6-19(21)28-20)16-24(32)35-18-11-9-17(10-12-18)30(33)34/h3-13,26,28H,14-16H2,1-2H3/t26-/m1/s1. The molecule has 2 heterocycles. The molecule has 3 aromatic rings. The van der Waals surface area contributed by atoms with Crippen LogP contribution in [-0.2, 0) is 9.59 Å². The van der Waals surface area contributed by atoms with Crippen molar-refractivity contribution in [2.45, 2.75) is 32.7 Å². The van der Waals surface area contributed by atoms with Gasteiger partial charge in [-0.15, -0.1) is 11.3 Å². The maximum atomic E-state index is 13.6. The second kappa shape index (κ2) is 9.23. The number of esters is 1. The zero-order valence-electron chi connectivity index (χ0n) is 19.9. The number of hydrogen-bond donors (Lipinski definition) is 1. The largest absolute Gasteiger partial charge is 0.425 e. The molecule has 0 bridgehead atoms.